The first kappa shape index (κ1) is 15.4. The van der Waals surface area contributed by atoms with Gasteiger partial charge in [-0.1, -0.05) is 22.0 Å². The van der Waals surface area contributed by atoms with E-state index in [2.05, 4.69) is 15.9 Å². The minimum absolute atomic E-state index is 0.0117. The summed E-state index contributed by atoms with van der Waals surface area (Å²) in [5.74, 6) is 0.299. The fraction of sp³-hybridized carbons (Fsp3) is 0.500. The molecular weight excluding hydrogens is 348 g/mol. The highest BCUT2D eigenvalue weighted by Gasteiger charge is 2.32. The van der Waals surface area contributed by atoms with E-state index in [9.17, 15) is 18.5 Å². The average Bonchev–Trinajstić information content (AvgIpc) is 2.72. The van der Waals surface area contributed by atoms with Crippen molar-refractivity contribution < 1.29 is 13.3 Å². The van der Waals surface area contributed by atoms with Gasteiger partial charge in [-0.25, -0.2) is 8.42 Å². The molecule has 2 unspecified atom stereocenters. The molecule has 2 N–H and O–H groups in total. The van der Waals surface area contributed by atoms with Crippen LogP contribution in [0.3, 0.4) is 0 Å². The quantitative estimate of drug-likeness (QED) is 0.647. The molecule has 1 aromatic carbocycles. The van der Waals surface area contributed by atoms with Crippen LogP contribution in [0.4, 0.5) is 5.69 Å². The van der Waals surface area contributed by atoms with Crippen molar-refractivity contribution in [1.29, 1.82) is 0 Å². The Morgan fingerprint density at radius 1 is 1.50 bits per heavy atom. The van der Waals surface area contributed by atoms with Gasteiger partial charge in [-0.2, -0.15) is 0 Å². The summed E-state index contributed by atoms with van der Waals surface area (Å²) < 4.78 is 23.5. The molecule has 1 heterocycles. The summed E-state index contributed by atoms with van der Waals surface area (Å²) in [6, 6.07) is 4.27. The van der Waals surface area contributed by atoms with Crippen LogP contribution in [0.25, 0.3) is 0 Å². The zero-order valence-corrected chi connectivity index (χ0v) is 13.1. The van der Waals surface area contributed by atoms with E-state index >= 15 is 0 Å². The maximum absolute atomic E-state index is 11.4. The maximum Gasteiger partial charge on any atom is 0.270 e. The number of sulfone groups is 1. The van der Waals surface area contributed by atoms with Gasteiger partial charge in [0.15, 0.2) is 9.84 Å². The first-order valence-corrected chi connectivity index (χ1v) is 8.79. The summed E-state index contributed by atoms with van der Waals surface area (Å²) in [5.41, 5.74) is 6.95. The number of benzene rings is 1. The topological polar surface area (TPSA) is 103 Å². The largest absolute Gasteiger partial charge is 0.327 e. The Morgan fingerprint density at radius 3 is 2.70 bits per heavy atom. The van der Waals surface area contributed by atoms with Crippen LogP contribution in [-0.2, 0) is 16.3 Å². The Hall–Kier alpha value is -0.990. The number of nitrogens with two attached hydrogens (primary N) is 1. The van der Waals surface area contributed by atoms with Crippen LogP contribution < -0.4 is 5.73 Å². The van der Waals surface area contributed by atoms with Crippen LogP contribution >= 0.6 is 15.9 Å². The summed E-state index contributed by atoms with van der Waals surface area (Å²) in [5, 5.41) is 10.7. The molecule has 0 spiro atoms. The summed E-state index contributed by atoms with van der Waals surface area (Å²) in [6.45, 7) is 0. The lowest BCUT2D eigenvalue weighted by Gasteiger charge is -2.18. The lowest BCUT2D eigenvalue weighted by molar-refractivity contribution is -0.384. The summed E-state index contributed by atoms with van der Waals surface area (Å²) in [4.78, 5) is 10.2. The molecule has 2 atom stereocenters. The Bertz CT molecular complexity index is 632. The van der Waals surface area contributed by atoms with Gasteiger partial charge in [0.2, 0.25) is 0 Å². The van der Waals surface area contributed by atoms with Crippen molar-refractivity contribution in [2.45, 2.75) is 18.9 Å². The number of nitro groups is 1. The highest BCUT2D eigenvalue weighted by atomic mass is 79.9. The molecule has 0 bridgehead atoms. The van der Waals surface area contributed by atoms with Crippen molar-refractivity contribution in [1.82, 2.24) is 0 Å². The van der Waals surface area contributed by atoms with Gasteiger partial charge < -0.3 is 5.73 Å². The van der Waals surface area contributed by atoms with Crippen LogP contribution in [-0.4, -0.2) is 30.9 Å². The monoisotopic (exact) mass is 362 g/mol. The standard InChI is InChI=1S/C12H15BrN2O4S/c13-11-6-10(15(16)17)2-1-8(11)5-12(14)9-3-4-20(18,19)7-9/h1-2,6,9,12H,3-5,7,14H2. The van der Waals surface area contributed by atoms with Gasteiger partial charge >= 0.3 is 0 Å². The van der Waals surface area contributed by atoms with Gasteiger partial charge in [-0.3, -0.25) is 10.1 Å². The van der Waals surface area contributed by atoms with Crippen LogP contribution in [0, 0.1) is 16.0 Å². The number of hydrogen-bond acceptors (Lipinski definition) is 5. The molecule has 110 valence electrons. The predicted octanol–water partition coefficient (Wildman–Crippen LogP) is 1.66. The smallest absolute Gasteiger partial charge is 0.270 e. The van der Waals surface area contributed by atoms with Gasteiger partial charge in [-0.15, -0.1) is 0 Å². The van der Waals surface area contributed by atoms with Crippen molar-refractivity contribution in [3.05, 3.63) is 38.3 Å². The second-order valence-electron chi connectivity index (χ2n) is 5.06. The average molecular weight is 363 g/mol. The summed E-state index contributed by atoms with van der Waals surface area (Å²) in [6.07, 6.45) is 1.09. The molecule has 0 aliphatic carbocycles. The van der Waals surface area contributed by atoms with Gasteiger partial charge in [0.05, 0.1) is 16.4 Å². The first-order chi connectivity index (χ1) is 9.28. The van der Waals surface area contributed by atoms with E-state index in [1.165, 1.54) is 12.1 Å². The van der Waals surface area contributed by atoms with Gasteiger partial charge in [-0.05, 0) is 24.3 Å². The molecule has 0 saturated carbocycles. The zero-order valence-electron chi connectivity index (χ0n) is 10.7. The zero-order chi connectivity index (χ0) is 14.9. The minimum Gasteiger partial charge on any atom is -0.327 e. The van der Waals surface area contributed by atoms with Crippen molar-refractivity contribution in [3.8, 4) is 0 Å². The van der Waals surface area contributed by atoms with Gasteiger partial charge in [0.1, 0.15) is 0 Å². The lowest BCUT2D eigenvalue weighted by atomic mass is 9.94. The number of hydrogen-bond donors (Lipinski definition) is 1. The normalized spacial score (nSPS) is 22.6. The molecule has 1 saturated heterocycles. The maximum atomic E-state index is 11.4. The number of halogens is 1. The number of rotatable bonds is 4. The highest BCUT2D eigenvalue weighted by Crippen LogP contribution is 2.27. The molecule has 20 heavy (non-hydrogen) atoms. The summed E-state index contributed by atoms with van der Waals surface area (Å²) in [7, 11) is -2.94. The molecule has 8 heteroatoms. The number of non-ortho nitro benzene ring substituents is 1. The second kappa shape index (κ2) is 5.79. The van der Waals surface area contributed by atoms with Crippen LogP contribution in [0.1, 0.15) is 12.0 Å². The van der Waals surface area contributed by atoms with Crippen molar-refractivity contribution in [2.75, 3.05) is 11.5 Å². The Labute approximate surface area is 125 Å². The molecule has 2 rings (SSSR count). The molecule has 1 aliphatic heterocycles. The van der Waals surface area contributed by atoms with E-state index in [0.29, 0.717) is 17.3 Å². The van der Waals surface area contributed by atoms with E-state index in [-0.39, 0.29) is 29.2 Å². The fourth-order valence-electron chi connectivity index (χ4n) is 2.40. The van der Waals surface area contributed by atoms with Crippen molar-refractivity contribution in [3.63, 3.8) is 0 Å². The summed E-state index contributed by atoms with van der Waals surface area (Å²) >= 11 is 3.30. The van der Waals surface area contributed by atoms with E-state index in [4.69, 9.17) is 5.73 Å². The van der Waals surface area contributed by atoms with Crippen molar-refractivity contribution in [2.24, 2.45) is 11.7 Å². The first-order valence-electron chi connectivity index (χ1n) is 6.17. The van der Waals surface area contributed by atoms with Crippen LogP contribution in [0.2, 0.25) is 0 Å². The Morgan fingerprint density at radius 2 is 2.20 bits per heavy atom. The molecule has 6 nitrogen and oxygen atoms in total. The molecular formula is C12H15BrN2O4S. The van der Waals surface area contributed by atoms with E-state index in [0.717, 1.165) is 5.56 Å². The van der Waals surface area contributed by atoms with Crippen LogP contribution in [0.15, 0.2) is 22.7 Å². The third-order valence-corrected chi connectivity index (χ3v) is 6.11. The third-order valence-electron chi connectivity index (χ3n) is 3.58. The van der Waals surface area contributed by atoms with Gasteiger partial charge in [0, 0.05) is 22.6 Å². The predicted molar refractivity (Wildman–Crippen MR) is 79.2 cm³/mol. The lowest BCUT2D eigenvalue weighted by Crippen LogP contribution is -2.33. The molecule has 0 aromatic heterocycles. The Balaban J connectivity index is 2.08. The molecule has 1 fully saturated rings. The van der Waals surface area contributed by atoms with Crippen LogP contribution in [0.5, 0.6) is 0 Å². The third kappa shape index (κ3) is 3.56. The van der Waals surface area contributed by atoms with Gasteiger partial charge in [0.25, 0.3) is 5.69 Å². The van der Waals surface area contributed by atoms with E-state index in [1.807, 2.05) is 0 Å². The molecule has 1 aromatic rings. The number of nitrogens with zero attached hydrogens (tertiary/aromatic N) is 1. The minimum atomic E-state index is -2.94. The Kier molecular flexibility index (Phi) is 4.46. The fourth-order valence-corrected chi connectivity index (χ4v) is 4.82. The highest BCUT2D eigenvalue weighted by molar-refractivity contribution is 9.10. The van der Waals surface area contributed by atoms with E-state index < -0.39 is 14.8 Å². The molecule has 0 radical (unpaired) electrons. The molecule has 1 aliphatic rings. The number of nitro benzene ring substituents is 1. The molecule has 0 amide bonds. The van der Waals surface area contributed by atoms with E-state index in [1.54, 1.807) is 6.07 Å². The van der Waals surface area contributed by atoms with Crippen molar-refractivity contribution >= 4 is 31.5 Å². The second-order valence-corrected chi connectivity index (χ2v) is 8.15. The SMILES string of the molecule is NC(Cc1ccc([N+](=O)[O-])cc1Br)C1CCS(=O)(=O)C1.